The fourth-order valence-electron chi connectivity index (χ4n) is 4.36. The molecule has 8 nitrogen and oxygen atoms in total. The van der Waals surface area contributed by atoms with Crippen molar-refractivity contribution in [2.75, 3.05) is 18.4 Å². The number of carbonyl (C=O) groups is 2. The number of hydrogen-bond donors (Lipinski definition) is 2. The maximum absolute atomic E-state index is 15.0. The summed E-state index contributed by atoms with van der Waals surface area (Å²) in [5, 5.41) is 10.5. The van der Waals surface area contributed by atoms with Crippen LogP contribution < -0.4 is 5.32 Å². The van der Waals surface area contributed by atoms with Crippen molar-refractivity contribution in [3.63, 3.8) is 0 Å². The van der Waals surface area contributed by atoms with Gasteiger partial charge in [0.25, 0.3) is 5.91 Å². The molecule has 0 saturated carbocycles. The van der Waals surface area contributed by atoms with Crippen molar-refractivity contribution < 1.29 is 18.7 Å². The Labute approximate surface area is 187 Å². The summed E-state index contributed by atoms with van der Waals surface area (Å²) in [6, 6.07) is 12.6. The second kappa shape index (κ2) is 7.90. The highest BCUT2D eigenvalue weighted by Crippen LogP contribution is 2.45. The molecule has 1 spiro atoms. The normalized spacial score (nSPS) is 19.9. The van der Waals surface area contributed by atoms with Gasteiger partial charge in [0.15, 0.2) is 11.4 Å². The number of piperidine rings is 1. The first-order valence-corrected chi connectivity index (χ1v) is 10.6. The van der Waals surface area contributed by atoms with Gasteiger partial charge in [-0.1, -0.05) is 41.9 Å². The second-order valence-electron chi connectivity index (χ2n) is 7.91. The van der Waals surface area contributed by atoms with Gasteiger partial charge in [-0.2, -0.15) is 0 Å². The Morgan fingerprint density at radius 3 is 2.84 bits per heavy atom. The predicted molar refractivity (Wildman–Crippen MR) is 114 cm³/mol. The predicted octanol–water partition coefficient (Wildman–Crippen LogP) is 3.88. The van der Waals surface area contributed by atoms with Crippen LogP contribution in [0, 0.1) is 5.82 Å². The number of halogens is 2. The molecule has 10 heteroatoms. The number of nitrogens with zero attached hydrogens (tertiary/aromatic N) is 3. The molecule has 2 amide bonds. The van der Waals surface area contributed by atoms with E-state index in [0.717, 1.165) is 5.56 Å². The van der Waals surface area contributed by atoms with Gasteiger partial charge in [-0.15, -0.1) is 10.2 Å². The van der Waals surface area contributed by atoms with E-state index in [4.69, 9.17) is 16.3 Å². The summed E-state index contributed by atoms with van der Waals surface area (Å²) >= 11 is 6.00. The van der Waals surface area contributed by atoms with Gasteiger partial charge in [0, 0.05) is 13.0 Å². The van der Waals surface area contributed by atoms with Crippen molar-refractivity contribution in [1.29, 1.82) is 0 Å². The summed E-state index contributed by atoms with van der Waals surface area (Å²) in [4.78, 5) is 29.8. The minimum Gasteiger partial charge on any atom is -0.436 e. The lowest BCUT2D eigenvalue weighted by atomic mass is 9.83. The van der Waals surface area contributed by atoms with Crippen LogP contribution in [0.4, 0.5) is 14.9 Å². The molecule has 1 saturated heterocycles. The van der Waals surface area contributed by atoms with Crippen LogP contribution >= 0.6 is 11.6 Å². The zero-order valence-electron chi connectivity index (χ0n) is 16.9. The molecule has 3 aromatic rings. The van der Waals surface area contributed by atoms with Gasteiger partial charge in [0.1, 0.15) is 5.82 Å². The number of carbonyl (C=O) groups excluding carboxylic acids is 2. The van der Waals surface area contributed by atoms with Crippen molar-refractivity contribution in [2.24, 2.45) is 0 Å². The van der Waals surface area contributed by atoms with Crippen LogP contribution in [0.3, 0.4) is 0 Å². The molecule has 0 unspecified atom stereocenters. The molecule has 0 bridgehead atoms. The third kappa shape index (κ3) is 3.58. The number of amides is 2. The van der Waals surface area contributed by atoms with E-state index in [-0.39, 0.29) is 23.0 Å². The summed E-state index contributed by atoms with van der Waals surface area (Å²) < 4.78 is 20.6. The molecule has 2 aliphatic heterocycles. The number of nitrogens with one attached hydrogen (secondary N) is 2. The zero-order chi connectivity index (χ0) is 22.3. The zero-order valence-corrected chi connectivity index (χ0v) is 17.7. The number of fused-ring (bicyclic) bond motifs is 2. The fourth-order valence-corrected chi connectivity index (χ4v) is 4.52. The molecular weight excluding hydrogens is 437 g/mol. The minimum atomic E-state index is -1.33. The largest absolute Gasteiger partial charge is 0.436 e. The first-order valence-electron chi connectivity index (χ1n) is 10.2. The third-order valence-electron chi connectivity index (χ3n) is 5.77. The van der Waals surface area contributed by atoms with Crippen molar-refractivity contribution in [3.05, 3.63) is 76.1 Å². The Morgan fingerprint density at radius 1 is 1.22 bits per heavy atom. The third-order valence-corrected chi connectivity index (χ3v) is 6.06. The number of benzene rings is 2. The first-order chi connectivity index (χ1) is 15.4. The van der Waals surface area contributed by atoms with Gasteiger partial charge in [0.2, 0.25) is 5.82 Å². The van der Waals surface area contributed by atoms with Crippen molar-refractivity contribution in [3.8, 4) is 0 Å². The lowest BCUT2D eigenvalue weighted by molar-refractivity contribution is -0.0420. The van der Waals surface area contributed by atoms with E-state index >= 15 is 4.39 Å². The first kappa shape index (κ1) is 20.4. The van der Waals surface area contributed by atoms with Crippen molar-refractivity contribution >= 4 is 29.3 Å². The molecule has 32 heavy (non-hydrogen) atoms. The standard InChI is InChI=1S/C22H19ClFN5O3/c23-14-7-8-15-17(18(14)24)22(32-21(31)25-15)9-4-10-29(12-22)20(30)19-26-16(27-28-19)11-13-5-2-1-3-6-13/h1-3,5-8H,4,9-12H2,(H,25,31)(H,26,27,28)/t22-/m0/s1. The van der Waals surface area contributed by atoms with Gasteiger partial charge in [-0.25, -0.2) is 9.18 Å². The van der Waals surface area contributed by atoms with Gasteiger partial charge < -0.3 is 14.6 Å². The second-order valence-corrected chi connectivity index (χ2v) is 8.31. The molecule has 0 radical (unpaired) electrons. The number of aromatic amines is 1. The Bertz CT molecular complexity index is 1200. The Balaban J connectivity index is 1.41. The Morgan fingerprint density at radius 2 is 2.03 bits per heavy atom. The number of H-pyrrole nitrogens is 1. The smallest absolute Gasteiger partial charge is 0.412 e. The summed E-state index contributed by atoms with van der Waals surface area (Å²) in [7, 11) is 0. The summed E-state index contributed by atoms with van der Waals surface area (Å²) in [6.45, 7) is 0.399. The van der Waals surface area contributed by atoms with Crippen LogP contribution in [0.15, 0.2) is 42.5 Å². The molecule has 1 atom stereocenters. The van der Waals surface area contributed by atoms with Gasteiger partial charge in [-0.05, 0) is 30.5 Å². The number of likely N-dealkylation sites (tertiary alicyclic amines) is 1. The van der Waals surface area contributed by atoms with Gasteiger partial charge in [0.05, 0.1) is 22.8 Å². The van der Waals surface area contributed by atoms with E-state index in [1.165, 1.54) is 17.0 Å². The molecule has 1 fully saturated rings. The van der Waals surface area contributed by atoms with Gasteiger partial charge >= 0.3 is 6.09 Å². The highest BCUT2D eigenvalue weighted by molar-refractivity contribution is 6.31. The average Bonchev–Trinajstić information content (AvgIpc) is 3.24. The fraction of sp³-hybridized carbons (Fsp3) is 0.273. The average molecular weight is 456 g/mol. The van der Waals surface area contributed by atoms with E-state index in [2.05, 4.69) is 20.5 Å². The number of rotatable bonds is 3. The van der Waals surface area contributed by atoms with Crippen LogP contribution in [-0.4, -0.2) is 45.2 Å². The summed E-state index contributed by atoms with van der Waals surface area (Å²) in [5.41, 5.74) is 0.157. The van der Waals surface area contributed by atoms with E-state index in [1.807, 2.05) is 30.3 Å². The Hall–Kier alpha value is -3.46. The quantitative estimate of drug-likeness (QED) is 0.624. The van der Waals surface area contributed by atoms with E-state index in [9.17, 15) is 9.59 Å². The maximum Gasteiger partial charge on any atom is 0.412 e. The lowest BCUT2D eigenvalue weighted by Crippen LogP contribution is -2.53. The van der Waals surface area contributed by atoms with E-state index in [1.54, 1.807) is 0 Å². The SMILES string of the molecule is O=C1Nc2ccc(Cl)c(F)c2[C@@]2(CCCN(C(=O)c3nnc(Cc4ccccc4)[nH]3)C2)O1. The molecule has 2 aromatic carbocycles. The van der Waals surface area contributed by atoms with E-state index in [0.29, 0.717) is 37.3 Å². The number of hydrogen-bond acceptors (Lipinski definition) is 5. The van der Waals surface area contributed by atoms with Crippen LogP contribution in [0.2, 0.25) is 5.02 Å². The molecule has 2 N–H and O–H groups in total. The Kier molecular flexibility index (Phi) is 5.05. The van der Waals surface area contributed by atoms with Crippen molar-refractivity contribution in [2.45, 2.75) is 24.9 Å². The maximum atomic E-state index is 15.0. The highest BCUT2D eigenvalue weighted by Gasteiger charge is 2.48. The van der Waals surface area contributed by atoms with Crippen LogP contribution in [0.1, 0.15) is 40.4 Å². The number of anilines is 1. The highest BCUT2D eigenvalue weighted by atomic mass is 35.5. The summed E-state index contributed by atoms with van der Waals surface area (Å²) in [6.07, 6.45) is 0.684. The molecular formula is C22H19ClFN5O3. The van der Waals surface area contributed by atoms with E-state index < -0.39 is 23.4 Å². The molecule has 3 heterocycles. The molecule has 1 aromatic heterocycles. The molecule has 164 valence electrons. The molecule has 0 aliphatic carbocycles. The van der Waals surface area contributed by atoms with Crippen LogP contribution in [0.5, 0.6) is 0 Å². The number of ether oxygens (including phenoxy) is 1. The minimum absolute atomic E-state index is 0.0156. The monoisotopic (exact) mass is 455 g/mol. The molecule has 2 aliphatic rings. The molecule has 5 rings (SSSR count). The van der Waals surface area contributed by atoms with Gasteiger partial charge in [-0.3, -0.25) is 10.1 Å². The van der Waals surface area contributed by atoms with Crippen molar-refractivity contribution in [1.82, 2.24) is 20.1 Å². The number of aromatic nitrogens is 3. The van der Waals surface area contributed by atoms with Crippen LogP contribution in [-0.2, 0) is 16.8 Å². The summed E-state index contributed by atoms with van der Waals surface area (Å²) in [5.74, 6) is -0.416. The van der Waals surface area contributed by atoms with Crippen LogP contribution in [0.25, 0.3) is 0 Å². The topological polar surface area (TPSA) is 100 Å². The lowest BCUT2D eigenvalue weighted by Gasteiger charge is -2.44.